The molecule has 0 radical (unpaired) electrons. The van der Waals surface area contributed by atoms with Crippen molar-refractivity contribution in [2.75, 3.05) is 11.9 Å². The van der Waals surface area contributed by atoms with Crippen LogP contribution in [0.15, 0.2) is 24.7 Å². The van der Waals surface area contributed by atoms with Gasteiger partial charge in [0.2, 0.25) is 5.95 Å². The largest absolute Gasteiger partial charge is 0.417 e. The molecule has 1 fully saturated rings. The molecule has 150 valence electrons. The smallest absolute Gasteiger partial charge is 0.396 e. The highest BCUT2D eigenvalue weighted by Gasteiger charge is 2.32. The fourth-order valence-corrected chi connectivity index (χ4v) is 3.65. The van der Waals surface area contributed by atoms with Crippen LogP contribution >= 0.6 is 0 Å². The topological polar surface area (TPSA) is 111 Å². The maximum Gasteiger partial charge on any atom is 0.417 e. The number of H-pyrrole nitrogens is 1. The second-order valence-electron chi connectivity index (χ2n) is 7.09. The first-order chi connectivity index (χ1) is 13.9. The van der Waals surface area contributed by atoms with Gasteiger partial charge in [0.25, 0.3) is 0 Å². The number of pyridine rings is 1. The Balaban J connectivity index is 1.73. The van der Waals surface area contributed by atoms with E-state index in [1.807, 2.05) is 6.07 Å². The number of rotatable bonds is 4. The molecule has 3 aromatic rings. The number of hydrogen-bond donors (Lipinski definition) is 3. The number of fused-ring (bicyclic) bond motifs is 1. The van der Waals surface area contributed by atoms with Crippen molar-refractivity contribution in [3.05, 3.63) is 35.8 Å². The number of aromatic amines is 1. The summed E-state index contributed by atoms with van der Waals surface area (Å²) in [6, 6.07) is 3.07. The average molecular weight is 402 g/mol. The van der Waals surface area contributed by atoms with Gasteiger partial charge in [0.05, 0.1) is 23.0 Å². The first-order valence-electron chi connectivity index (χ1n) is 9.08. The standard InChI is InChI=1S/C19H17F3N6O/c20-19(21,22)12-4-14-15(8-25-17(14)24-7-12)16-11(5-23)6-26-18(28-16)27-13-2-1-10(3-13)9-29/h4,6-8,10,13,29H,1-3,9H2,(H,24,25)(H,26,27,28). The minimum Gasteiger partial charge on any atom is -0.396 e. The highest BCUT2D eigenvalue weighted by Crippen LogP contribution is 2.35. The normalized spacial score (nSPS) is 19.4. The summed E-state index contributed by atoms with van der Waals surface area (Å²) in [5, 5.41) is 22.1. The Morgan fingerprint density at radius 1 is 1.28 bits per heavy atom. The molecule has 3 N–H and O–H groups in total. The Morgan fingerprint density at radius 3 is 2.79 bits per heavy atom. The maximum absolute atomic E-state index is 13.1. The number of alkyl halides is 3. The van der Waals surface area contributed by atoms with Crippen LogP contribution < -0.4 is 5.32 Å². The zero-order valence-electron chi connectivity index (χ0n) is 15.2. The van der Waals surface area contributed by atoms with Crippen molar-refractivity contribution < 1.29 is 18.3 Å². The third-order valence-corrected chi connectivity index (χ3v) is 5.16. The van der Waals surface area contributed by atoms with E-state index in [4.69, 9.17) is 0 Å². The molecular formula is C19H17F3N6O. The SMILES string of the molecule is N#Cc1cnc(NC2CCC(CO)C2)nc1-c1c[nH]c2ncc(C(F)(F)F)cc12. The van der Waals surface area contributed by atoms with Crippen molar-refractivity contribution in [2.24, 2.45) is 5.92 Å². The number of nitrogens with one attached hydrogen (secondary N) is 2. The molecule has 0 aromatic carbocycles. The van der Waals surface area contributed by atoms with Crippen LogP contribution in [0.25, 0.3) is 22.3 Å². The van der Waals surface area contributed by atoms with Crippen molar-refractivity contribution in [3.63, 3.8) is 0 Å². The van der Waals surface area contributed by atoms with Gasteiger partial charge in [-0.1, -0.05) is 0 Å². The Labute approximate surface area is 163 Å². The summed E-state index contributed by atoms with van der Waals surface area (Å²) in [6.45, 7) is 0.127. The predicted molar refractivity (Wildman–Crippen MR) is 98.7 cm³/mol. The summed E-state index contributed by atoms with van der Waals surface area (Å²) < 4.78 is 39.3. The van der Waals surface area contributed by atoms with Gasteiger partial charge in [-0.25, -0.2) is 15.0 Å². The number of halogens is 3. The Kier molecular flexibility index (Phi) is 4.84. The maximum atomic E-state index is 13.1. The van der Waals surface area contributed by atoms with Gasteiger partial charge in [-0.05, 0) is 31.2 Å². The molecule has 2 atom stereocenters. The van der Waals surface area contributed by atoms with Gasteiger partial charge in [-0.3, -0.25) is 0 Å². The molecular weight excluding hydrogens is 385 g/mol. The highest BCUT2D eigenvalue weighted by atomic mass is 19.4. The van der Waals surface area contributed by atoms with Crippen LogP contribution in [-0.4, -0.2) is 37.7 Å². The molecule has 7 nitrogen and oxygen atoms in total. The van der Waals surface area contributed by atoms with Crippen LogP contribution in [0, 0.1) is 17.2 Å². The fraction of sp³-hybridized carbons (Fsp3) is 0.368. The lowest BCUT2D eigenvalue weighted by Crippen LogP contribution is -2.18. The van der Waals surface area contributed by atoms with E-state index in [9.17, 15) is 23.5 Å². The zero-order chi connectivity index (χ0) is 20.6. The van der Waals surface area contributed by atoms with Crippen molar-refractivity contribution in [3.8, 4) is 17.3 Å². The molecule has 2 unspecified atom stereocenters. The lowest BCUT2D eigenvalue weighted by molar-refractivity contribution is -0.137. The van der Waals surface area contributed by atoms with E-state index in [0.717, 1.165) is 31.5 Å². The van der Waals surface area contributed by atoms with Crippen LogP contribution in [0.5, 0.6) is 0 Å². The molecule has 1 aliphatic rings. The third kappa shape index (κ3) is 3.73. The highest BCUT2D eigenvalue weighted by molar-refractivity contribution is 5.94. The number of hydrogen-bond acceptors (Lipinski definition) is 6. The van der Waals surface area contributed by atoms with Gasteiger partial charge < -0.3 is 15.4 Å². The van der Waals surface area contributed by atoms with E-state index in [1.54, 1.807) is 0 Å². The number of anilines is 1. The quantitative estimate of drug-likeness (QED) is 0.616. The van der Waals surface area contributed by atoms with Gasteiger partial charge in [0.15, 0.2) is 0 Å². The van der Waals surface area contributed by atoms with Gasteiger partial charge in [0, 0.05) is 36.0 Å². The van der Waals surface area contributed by atoms with Crippen molar-refractivity contribution >= 4 is 17.0 Å². The molecule has 1 saturated carbocycles. The molecule has 0 amide bonds. The van der Waals surface area contributed by atoms with Gasteiger partial charge >= 0.3 is 6.18 Å². The number of aromatic nitrogens is 4. The molecule has 0 spiro atoms. The number of aliphatic hydroxyl groups excluding tert-OH is 1. The first-order valence-corrected chi connectivity index (χ1v) is 9.08. The summed E-state index contributed by atoms with van der Waals surface area (Å²) in [7, 11) is 0. The lowest BCUT2D eigenvalue weighted by Gasteiger charge is -2.13. The van der Waals surface area contributed by atoms with Crippen LogP contribution in [-0.2, 0) is 6.18 Å². The Morgan fingerprint density at radius 2 is 2.10 bits per heavy atom. The fourth-order valence-electron chi connectivity index (χ4n) is 3.65. The molecule has 1 aliphatic carbocycles. The molecule has 3 aromatic heterocycles. The van der Waals surface area contributed by atoms with Crippen LogP contribution in [0.4, 0.5) is 19.1 Å². The van der Waals surface area contributed by atoms with E-state index in [0.29, 0.717) is 5.56 Å². The second-order valence-corrected chi connectivity index (χ2v) is 7.09. The monoisotopic (exact) mass is 402 g/mol. The Bertz CT molecular complexity index is 1090. The van der Waals surface area contributed by atoms with Gasteiger partial charge in [-0.2, -0.15) is 18.4 Å². The van der Waals surface area contributed by atoms with Crippen LogP contribution in [0.2, 0.25) is 0 Å². The molecule has 0 aliphatic heterocycles. The number of nitriles is 1. The molecule has 10 heteroatoms. The van der Waals surface area contributed by atoms with Crippen LogP contribution in [0.1, 0.15) is 30.4 Å². The van der Waals surface area contributed by atoms with E-state index < -0.39 is 11.7 Å². The summed E-state index contributed by atoms with van der Waals surface area (Å²) in [4.78, 5) is 15.2. The van der Waals surface area contributed by atoms with E-state index in [1.165, 1.54) is 12.4 Å². The summed E-state index contributed by atoms with van der Waals surface area (Å²) >= 11 is 0. The summed E-state index contributed by atoms with van der Waals surface area (Å²) in [6.07, 6.45) is 1.60. The lowest BCUT2D eigenvalue weighted by atomic mass is 10.1. The van der Waals surface area contributed by atoms with Gasteiger partial charge in [0.1, 0.15) is 11.7 Å². The number of aliphatic hydroxyl groups is 1. The van der Waals surface area contributed by atoms with Crippen molar-refractivity contribution in [1.29, 1.82) is 5.26 Å². The third-order valence-electron chi connectivity index (χ3n) is 5.16. The number of nitrogens with zero attached hydrogens (tertiary/aromatic N) is 4. The van der Waals surface area contributed by atoms with E-state index >= 15 is 0 Å². The molecule has 0 saturated heterocycles. The zero-order valence-corrected chi connectivity index (χ0v) is 15.2. The van der Waals surface area contributed by atoms with Crippen molar-refractivity contribution in [1.82, 2.24) is 19.9 Å². The van der Waals surface area contributed by atoms with E-state index in [-0.39, 0.29) is 46.8 Å². The summed E-state index contributed by atoms with van der Waals surface area (Å²) in [5.74, 6) is 0.516. The molecule has 4 rings (SSSR count). The molecule has 0 bridgehead atoms. The van der Waals surface area contributed by atoms with Crippen molar-refractivity contribution in [2.45, 2.75) is 31.5 Å². The first kappa shape index (κ1) is 19.1. The van der Waals surface area contributed by atoms with Gasteiger partial charge in [-0.15, -0.1) is 0 Å². The molecule has 29 heavy (non-hydrogen) atoms. The average Bonchev–Trinajstić information content (AvgIpc) is 3.33. The Hall–Kier alpha value is -3.19. The second kappa shape index (κ2) is 7.33. The predicted octanol–water partition coefficient (Wildman–Crippen LogP) is 3.48. The minimum absolute atomic E-state index is 0.0920. The van der Waals surface area contributed by atoms with E-state index in [2.05, 4.69) is 25.3 Å². The summed E-state index contributed by atoms with van der Waals surface area (Å²) in [5.41, 5.74) is 0.118. The molecule has 3 heterocycles. The van der Waals surface area contributed by atoms with Crippen LogP contribution in [0.3, 0.4) is 0 Å². The minimum atomic E-state index is -4.53.